The van der Waals surface area contributed by atoms with Crippen LogP contribution in [0.4, 0.5) is 0 Å². The van der Waals surface area contributed by atoms with Gasteiger partial charge in [-0.3, -0.25) is 0 Å². The number of aromatic nitrogens is 1. The van der Waals surface area contributed by atoms with Gasteiger partial charge in [0.2, 0.25) is 5.88 Å². The fourth-order valence-electron chi connectivity index (χ4n) is 1.99. The van der Waals surface area contributed by atoms with E-state index in [0.29, 0.717) is 10.9 Å². The van der Waals surface area contributed by atoms with Crippen molar-refractivity contribution in [1.82, 2.24) is 4.98 Å². The normalized spacial score (nSPS) is 10.4. The van der Waals surface area contributed by atoms with Crippen molar-refractivity contribution in [2.75, 3.05) is 0 Å². The van der Waals surface area contributed by atoms with E-state index in [1.165, 1.54) is 0 Å². The smallest absolute Gasteiger partial charge is 0.238 e. The van der Waals surface area contributed by atoms with E-state index in [1.807, 2.05) is 54.6 Å². The summed E-state index contributed by atoms with van der Waals surface area (Å²) < 4.78 is 6.70. The van der Waals surface area contributed by atoms with E-state index < -0.39 is 0 Å². The Hall–Kier alpha value is -1.84. The van der Waals surface area contributed by atoms with Crippen molar-refractivity contribution < 1.29 is 4.74 Å². The fraction of sp³-hybridized carbons (Fsp3) is 0. The largest absolute Gasteiger partial charge is 0.437 e. The van der Waals surface area contributed by atoms with Gasteiger partial charge in [0, 0.05) is 16.2 Å². The number of halogens is 2. The first-order valence-electron chi connectivity index (χ1n) is 6.37. The molecule has 1 heterocycles. The number of benzene rings is 2. The topological polar surface area (TPSA) is 22.1 Å². The van der Waals surface area contributed by atoms with Gasteiger partial charge in [-0.2, -0.15) is 0 Å². The lowest BCUT2D eigenvalue weighted by Gasteiger charge is -2.11. The number of ether oxygens (including phenoxy) is 1. The second-order valence-corrected chi connectivity index (χ2v) is 5.73. The Kier molecular flexibility index (Phi) is 4.23. The van der Waals surface area contributed by atoms with Gasteiger partial charge in [-0.05, 0) is 33.6 Å². The maximum atomic E-state index is 6.16. The second-order valence-electron chi connectivity index (χ2n) is 4.40. The molecule has 21 heavy (non-hydrogen) atoms. The van der Waals surface area contributed by atoms with Crippen LogP contribution < -0.4 is 4.74 Å². The molecule has 0 amide bonds. The number of nitrogens with zero attached hydrogens (tertiary/aromatic N) is 1. The van der Waals surface area contributed by atoms with Gasteiger partial charge in [-0.1, -0.05) is 60.1 Å². The molecule has 0 aliphatic heterocycles. The van der Waals surface area contributed by atoms with Crippen LogP contribution in [0.1, 0.15) is 0 Å². The SMILES string of the molecule is Clc1cc(Br)cnc1Oc1ccccc1-c1ccccc1. The van der Waals surface area contributed by atoms with E-state index in [1.54, 1.807) is 12.3 Å². The molecule has 0 aliphatic carbocycles. The van der Waals surface area contributed by atoms with Crippen molar-refractivity contribution in [1.29, 1.82) is 0 Å². The number of rotatable bonds is 3. The highest BCUT2D eigenvalue weighted by Gasteiger charge is 2.10. The number of hydrogen-bond donors (Lipinski definition) is 0. The number of para-hydroxylation sites is 1. The van der Waals surface area contributed by atoms with Crippen LogP contribution in [0.2, 0.25) is 5.02 Å². The van der Waals surface area contributed by atoms with E-state index in [4.69, 9.17) is 16.3 Å². The third-order valence-corrected chi connectivity index (χ3v) is 3.66. The van der Waals surface area contributed by atoms with E-state index in [9.17, 15) is 0 Å². The lowest BCUT2D eigenvalue weighted by molar-refractivity contribution is 0.465. The van der Waals surface area contributed by atoms with Gasteiger partial charge in [-0.25, -0.2) is 4.98 Å². The molecule has 0 radical (unpaired) electrons. The van der Waals surface area contributed by atoms with E-state index in [-0.39, 0.29) is 0 Å². The van der Waals surface area contributed by atoms with Gasteiger partial charge >= 0.3 is 0 Å². The molecule has 104 valence electrons. The van der Waals surface area contributed by atoms with Crippen LogP contribution in [0.25, 0.3) is 11.1 Å². The van der Waals surface area contributed by atoms with Gasteiger partial charge in [0.1, 0.15) is 10.8 Å². The van der Waals surface area contributed by atoms with Crippen molar-refractivity contribution in [3.8, 4) is 22.8 Å². The Morgan fingerprint density at radius 3 is 2.43 bits per heavy atom. The highest BCUT2D eigenvalue weighted by Crippen LogP contribution is 2.35. The predicted octanol–water partition coefficient (Wildman–Crippen LogP) is 5.96. The van der Waals surface area contributed by atoms with Crippen LogP contribution in [-0.2, 0) is 0 Å². The summed E-state index contributed by atoms with van der Waals surface area (Å²) in [6.45, 7) is 0. The maximum Gasteiger partial charge on any atom is 0.238 e. The second kappa shape index (κ2) is 6.29. The van der Waals surface area contributed by atoms with Crippen LogP contribution in [-0.4, -0.2) is 4.98 Å². The zero-order chi connectivity index (χ0) is 14.7. The Balaban J connectivity index is 2.00. The summed E-state index contributed by atoms with van der Waals surface area (Å²) in [7, 11) is 0. The third kappa shape index (κ3) is 3.26. The summed E-state index contributed by atoms with van der Waals surface area (Å²) in [5.74, 6) is 1.11. The van der Waals surface area contributed by atoms with Gasteiger partial charge in [0.05, 0.1) is 0 Å². The third-order valence-electron chi connectivity index (χ3n) is 2.95. The molecule has 0 N–H and O–H groups in total. The molecule has 0 bridgehead atoms. The van der Waals surface area contributed by atoms with Crippen LogP contribution in [0.3, 0.4) is 0 Å². The van der Waals surface area contributed by atoms with E-state index >= 15 is 0 Å². The predicted molar refractivity (Wildman–Crippen MR) is 88.9 cm³/mol. The Labute approximate surface area is 136 Å². The zero-order valence-electron chi connectivity index (χ0n) is 11.0. The van der Waals surface area contributed by atoms with Crippen molar-refractivity contribution in [2.24, 2.45) is 0 Å². The minimum atomic E-state index is 0.392. The summed E-state index contributed by atoms with van der Waals surface area (Å²) in [5, 5.41) is 0.465. The molecule has 2 aromatic carbocycles. The minimum absolute atomic E-state index is 0.392. The van der Waals surface area contributed by atoms with Crippen LogP contribution in [0.15, 0.2) is 71.3 Å². The molecule has 0 saturated carbocycles. The molecule has 0 unspecified atom stereocenters. The molecular formula is C17H11BrClNO. The molecule has 0 atom stereocenters. The molecule has 0 saturated heterocycles. The molecule has 3 rings (SSSR count). The van der Waals surface area contributed by atoms with E-state index in [0.717, 1.165) is 21.3 Å². The van der Waals surface area contributed by atoms with Crippen molar-refractivity contribution in [3.05, 3.63) is 76.4 Å². The summed E-state index contributed by atoms with van der Waals surface area (Å²) in [6.07, 6.45) is 1.66. The van der Waals surface area contributed by atoms with Gasteiger partial charge in [-0.15, -0.1) is 0 Å². The molecule has 3 aromatic rings. The summed E-state index contributed by atoms with van der Waals surface area (Å²) in [6, 6.07) is 19.6. The van der Waals surface area contributed by atoms with Crippen molar-refractivity contribution in [3.63, 3.8) is 0 Å². The first-order valence-corrected chi connectivity index (χ1v) is 7.54. The summed E-state index contributed by atoms with van der Waals surface area (Å²) >= 11 is 9.49. The minimum Gasteiger partial charge on any atom is -0.437 e. The maximum absolute atomic E-state index is 6.16. The van der Waals surface area contributed by atoms with Crippen LogP contribution in [0, 0.1) is 0 Å². The zero-order valence-corrected chi connectivity index (χ0v) is 13.3. The standard InChI is InChI=1S/C17H11BrClNO/c18-13-10-15(19)17(20-11-13)21-16-9-5-4-8-14(16)12-6-2-1-3-7-12/h1-11H. The van der Waals surface area contributed by atoms with Gasteiger partial charge in [0.15, 0.2) is 0 Å². The molecular weight excluding hydrogens is 350 g/mol. The van der Waals surface area contributed by atoms with Crippen LogP contribution in [0.5, 0.6) is 11.6 Å². The Bertz CT molecular complexity index is 762. The molecule has 1 aromatic heterocycles. The molecule has 0 fully saturated rings. The van der Waals surface area contributed by atoms with Crippen molar-refractivity contribution in [2.45, 2.75) is 0 Å². The summed E-state index contributed by atoms with van der Waals surface area (Å²) in [5.41, 5.74) is 2.08. The van der Waals surface area contributed by atoms with Gasteiger partial charge in [0.25, 0.3) is 0 Å². The monoisotopic (exact) mass is 359 g/mol. The lowest BCUT2D eigenvalue weighted by atomic mass is 10.1. The molecule has 0 spiro atoms. The Morgan fingerprint density at radius 2 is 1.67 bits per heavy atom. The average molecular weight is 361 g/mol. The van der Waals surface area contributed by atoms with Crippen molar-refractivity contribution >= 4 is 27.5 Å². The highest BCUT2D eigenvalue weighted by atomic mass is 79.9. The molecule has 0 aliphatic rings. The lowest BCUT2D eigenvalue weighted by Crippen LogP contribution is -1.91. The van der Waals surface area contributed by atoms with E-state index in [2.05, 4.69) is 20.9 Å². The fourth-order valence-corrected chi connectivity index (χ4v) is 2.66. The first kappa shape index (κ1) is 14.1. The summed E-state index contributed by atoms with van der Waals surface area (Å²) in [4.78, 5) is 4.21. The number of hydrogen-bond acceptors (Lipinski definition) is 2. The molecule has 2 nitrogen and oxygen atoms in total. The highest BCUT2D eigenvalue weighted by molar-refractivity contribution is 9.10. The number of pyridine rings is 1. The molecule has 4 heteroatoms. The average Bonchev–Trinajstić information content (AvgIpc) is 2.51. The van der Waals surface area contributed by atoms with Gasteiger partial charge < -0.3 is 4.74 Å². The quantitative estimate of drug-likeness (QED) is 0.575. The van der Waals surface area contributed by atoms with Crippen LogP contribution >= 0.6 is 27.5 Å². The first-order chi connectivity index (χ1) is 10.2. The Morgan fingerprint density at radius 1 is 0.952 bits per heavy atom.